The largest absolute Gasteiger partial charge is 0.330 e. The van der Waals surface area contributed by atoms with Crippen molar-refractivity contribution in [2.24, 2.45) is 7.05 Å². The lowest BCUT2D eigenvalue weighted by Crippen LogP contribution is -2.30. The number of nitrogens with one attached hydrogen (secondary N) is 1. The fourth-order valence-corrected chi connectivity index (χ4v) is 3.75. The monoisotopic (exact) mass is 404 g/mol. The van der Waals surface area contributed by atoms with Gasteiger partial charge in [0.2, 0.25) is 11.9 Å². The molecule has 0 bridgehead atoms. The smallest absolute Gasteiger partial charge is 0.247 e. The second-order valence-electron chi connectivity index (χ2n) is 7.22. The molecule has 154 valence electrons. The summed E-state index contributed by atoms with van der Waals surface area (Å²) in [6.07, 6.45) is 11.8. The van der Waals surface area contributed by atoms with Crippen LogP contribution in [0.25, 0.3) is 6.08 Å². The number of likely N-dealkylation sites (tertiary alicyclic amines) is 1. The Labute approximate surface area is 174 Å². The number of nitrogens with zero attached hydrogens (tertiary/aromatic N) is 7. The van der Waals surface area contributed by atoms with Crippen LogP contribution in [0.2, 0.25) is 0 Å². The van der Waals surface area contributed by atoms with Gasteiger partial charge in [0.15, 0.2) is 5.82 Å². The summed E-state index contributed by atoms with van der Waals surface area (Å²) in [4.78, 5) is 32.2. The van der Waals surface area contributed by atoms with Crippen molar-refractivity contribution in [1.29, 1.82) is 0 Å². The van der Waals surface area contributed by atoms with Crippen molar-refractivity contribution in [3.63, 3.8) is 0 Å². The SMILES string of the molecule is Cc1nn(C)c(C)c1/C=C/C(=O)N1CCC[C@@H]1c1nccnc1Nc1ncccn1. The van der Waals surface area contributed by atoms with Crippen molar-refractivity contribution in [3.05, 3.63) is 59.6 Å². The third kappa shape index (κ3) is 3.91. The zero-order valence-electron chi connectivity index (χ0n) is 17.3. The van der Waals surface area contributed by atoms with Crippen LogP contribution in [0.4, 0.5) is 11.8 Å². The average Bonchev–Trinajstić information content (AvgIpc) is 3.33. The lowest BCUT2D eigenvalue weighted by molar-refractivity contribution is -0.126. The van der Waals surface area contributed by atoms with Crippen LogP contribution in [0.1, 0.15) is 41.5 Å². The number of rotatable bonds is 5. The van der Waals surface area contributed by atoms with Gasteiger partial charge < -0.3 is 10.2 Å². The predicted octanol–water partition coefficient (Wildman–Crippen LogP) is 2.74. The zero-order valence-corrected chi connectivity index (χ0v) is 17.3. The van der Waals surface area contributed by atoms with Crippen molar-refractivity contribution in [2.75, 3.05) is 11.9 Å². The molecule has 1 aliphatic heterocycles. The molecule has 1 amide bonds. The molecule has 0 radical (unpaired) electrons. The fraction of sp³-hybridized carbons (Fsp3) is 0.333. The van der Waals surface area contributed by atoms with Gasteiger partial charge in [0.05, 0.1) is 11.7 Å². The molecule has 3 aromatic rings. The molecule has 4 rings (SSSR count). The maximum atomic E-state index is 13.0. The molecule has 1 N–H and O–H groups in total. The van der Waals surface area contributed by atoms with Crippen LogP contribution in [0, 0.1) is 13.8 Å². The minimum Gasteiger partial charge on any atom is -0.330 e. The molecule has 1 saturated heterocycles. The molecule has 0 saturated carbocycles. The summed E-state index contributed by atoms with van der Waals surface area (Å²) in [7, 11) is 1.90. The summed E-state index contributed by atoms with van der Waals surface area (Å²) in [5, 5.41) is 7.52. The van der Waals surface area contributed by atoms with Crippen LogP contribution in [0.3, 0.4) is 0 Å². The quantitative estimate of drug-likeness (QED) is 0.652. The van der Waals surface area contributed by atoms with E-state index in [1.54, 1.807) is 36.9 Å². The standard InChI is InChI=1S/C21H24N8O/c1-14-16(15(2)28(3)27-14)7-8-18(30)29-13-4-6-17(29)19-20(23-12-11-22-19)26-21-24-9-5-10-25-21/h5,7-12,17H,4,6,13H2,1-3H3,(H,23,24,25,26)/b8-7+/t17-/m1/s1. The molecule has 3 aromatic heterocycles. The van der Waals surface area contributed by atoms with Crippen LogP contribution in [0.15, 0.2) is 36.9 Å². The van der Waals surface area contributed by atoms with Crippen molar-refractivity contribution in [3.8, 4) is 0 Å². The fourth-order valence-electron chi connectivity index (χ4n) is 3.75. The number of hydrogen-bond acceptors (Lipinski definition) is 7. The number of carbonyl (C=O) groups is 1. The summed E-state index contributed by atoms with van der Waals surface area (Å²) < 4.78 is 1.82. The van der Waals surface area contributed by atoms with E-state index in [0.29, 0.717) is 18.3 Å². The van der Waals surface area contributed by atoms with Gasteiger partial charge in [-0.15, -0.1) is 0 Å². The second-order valence-corrected chi connectivity index (χ2v) is 7.22. The van der Waals surface area contributed by atoms with Crippen molar-refractivity contribution < 1.29 is 4.79 Å². The Balaban J connectivity index is 1.57. The molecule has 9 heteroatoms. The minimum atomic E-state index is -0.154. The summed E-state index contributed by atoms with van der Waals surface area (Å²) in [5.41, 5.74) is 3.63. The predicted molar refractivity (Wildman–Crippen MR) is 113 cm³/mol. The van der Waals surface area contributed by atoms with Crippen molar-refractivity contribution >= 4 is 23.7 Å². The first-order valence-corrected chi connectivity index (χ1v) is 9.88. The van der Waals surface area contributed by atoms with Gasteiger partial charge in [-0.25, -0.2) is 15.0 Å². The molecule has 1 atom stereocenters. The lowest BCUT2D eigenvalue weighted by Gasteiger charge is -2.24. The van der Waals surface area contributed by atoms with Gasteiger partial charge in [0.1, 0.15) is 5.69 Å². The molecule has 9 nitrogen and oxygen atoms in total. The molecule has 30 heavy (non-hydrogen) atoms. The summed E-state index contributed by atoms with van der Waals surface area (Å²) in [6, 6.07) is 1.59. The molecule has 0 unspecified atom stereocenters. The van der Waals surface area contributed by atoms with E-state index in [1.165, 1.54) is 0 Å². The van der Waals surface area contributed by atoms with E-state index >= 15 is 0 Å². The van der Waals surface area contributed by atoms with Crippen LogP contribution in [0.5, 0.6) is 0 Å². The average molecular weight is 404 g/mol. The van der Waals surface area contributed by atoms with Gasteiger partial charge in [-0.2, -0.15) is 5.10 Å². The molecule has 4 heterocycles. The van der Waals surface area contributed by atoms with E-state index in [-0.39, 0.29) is 11.9 Å². The molecular weight excluding hydrogens is 380 g/mol. The topological polar surface area (TPSA) is 102 Å². The van der Waals surface area contributed by atoms with Crippen LogP contribution in [-0.2, 0) is 11.8 Å². The van der Waals surface area contributed by atoms with Gasteiger partial charge in [-0.05, 0) is 38.8 Å². The first-order valence-electron chi connectivity index (χ1n) is 9.88. The summed E-state index contributed by atoms with van der Waals surface area (Å²) >= 11 is 0. The molecule has 1 fully saturated rings. The van der Waals surface area contributed by atoms with Gasteiger partial charge in [-0.1, -0.05) is 0 Å². The number of anilines is 2. The second kappa shape index (κ2) is 8.40. The maximum absolute atomic E-state index is 13.0. The van der Waals surface area contributed by atoms with Crippen LogP contribution < -0.4 is 5.32 Å². The maximum Gasteiger partial charge on any atom is 0.247 e. The number of amides is 1. The summed E-state index contributed by atoms with van der Waals surface area (Å²) in [5.74, 6) is 0.960. The van der Waals surface area contributed by atoms with Crippen molar-refractivity contribution in [1.82, 2.24) is 34.6 Å². The van der Waals surface area contributed by atoms with E-state index in [0.717, 1.165) is 35.5 Å². The highest BCUT2D eigenvalue weighted by atomic mass is 16.2. The molecule has 0 aromatic carbocycles. The Morgan fingerprint density at radius 1 is 1.13 bits per heavy atom. The molecular formula is C21H24N8O. The Kier molecular flexibility index (Phi) is 5.51. The van der Waals surface area contributed by atoms with Gasteiger partial charge in [-0.3, -0.25) is 14.5 Å². The zero-order chi connectivity index (χ0) is 21.1. The first kappa shape index (κ1) is 19.7. The van der Waals surface area contributed by atoms with E-state index in [4.69, 9.17) is 0 Å². The van der Waals surface area contributed by atoms with E-state index in [1.807, 2.05) is 36.6 Å². The normalized spacial score (nSPS) is 16.4. The Morgan fingerprint density at radius 3 is 2.63 bits per heavy atom. The highest BCUT2D eigenvalue weighted by Crippen LogP contribution is 2.34. The minimum absolute atomic E-state index is 0.0484. The lowest BCUT2D eigenvalue weighted by atomic mass is 10.1. The molecule has 1 aliphatic rings. The number of carbonyl (C=O) groups excluding carboxylic acids is 1. The third-order valence-corrected chi connectivity index (χ3v) is 5.33. The highest BCUT2D eigenvalue weighted by Gasteiger charge is 2.32. The first-order chi connectivity index (χ1) is 14.5. The Hall–Kier alpha value is -3.62. The van der Waals surface area contributed by atoms with E-state index in [2.05, 4.69) is 30.4 Å². The molecule has 0 aliphatic carbocycles. The van der Waals surface area contributed by atoms with E-state index < -0.39 is 0 Å². The van der Waals surface area contributed by atoms with Crippen LogP contribution in [-0.4, -0.2) is 47.1 Å². The van der Waals surface area contributed by atoms with Crippen LogP contribution >= 0.6 is 0 Å². The summed E-state index contributed by atoms with van der Waals surface area (Å²) in [6.45, 7) is 4.61. The van der Waals surface area contributed by atoms with Crippen molar-refractivity contribution in [2.45, 2.75) is 32.7 Å². The Morgan fingerprint density at radius 2 is 1.90 bits per heavy atom. The number of aryl methyl sites for hydroxylation is 2. The molecule has 0 spiro atoms. The van der Waals surface area contributed by atoms with Gasteiger partial charge >= 0.3 is 0 Å². The van der Waals surface area contributed by atoms with E-state index in [9.17, 15) is 4.79 Å². The number of hydrogen-bond donors (Lipinski definition) is 1. The third-order valence-electron chi connectivity index (χ3n) is 5.33. The van der Waals surface area contributed by atoms with Gasteiger partial charge in [0, 0.05) is 55.7 Å². The highest BCUT2D eigenvalue weighted by molar-refractivity contribution is 5.92. The number of aromatic nitrogens is 6. The van der Waals surface area contributed by atoms with Gasteiger partial charge in [0.25, 0.3) is 0 Å². The Bertz CT molecular complexity index is 1080.